The van der Waals surface area contributed by atoms with Crippen molar-refractivity contribution in [1.29, 1.82) is 0 Å². The van der Waals surface area contributed by atoms with E-state index in [9.17, 15) is 4.79 Å². The van der Waals surface area contributed by atoms with E-state index in [1.54, 1.807) is 7.11 Å². The van der Waals surface area contributed by atoms with Gasteiger partial charge in [0.25, 0.3) is 0 Å². The number of ether oxygens (including phenoxy) is 3. The zero-order valence-corrected chi connectivity index (χ0v) is 15.5. The molecule has 1 saturated carbocycles. The first-order valence-electron chi connectivity index (χ1n) is 8.02. The Morgan fingerprint density at radius 3 is 2.21 bits per heavy atom. The van der Waals surface area contributed by atoms with Crippen LogP contribution in [0.15, 0.2) is 12.1 Å². The van der Waals surface area contributed by atoms with Gasteiger partial charge < -0.3 is 19.9 Å². The maximum atomic E-state index is 12.1. The molecular weight excluding hydrogens is 308 g/mol. The van der Waals surface area contributed by atoms with Crippen LogP contribution in [0.3, 0.4) is 0 Å². The molecule has 1 amide bonds. The number of carbonyl (C=O) groups is 1. The van der Waals surface area contributed by atoms with Crippen molar-refractivity contribution in [3.05, 3.63) is 17.7 Å². The standard InChI is InChI=1S/C18H28N2O4/c1-17(2,3)24-16(21)20-11-8-10(13-15(19)18(13,4)5)9-12(22-6)14(11)23-7/h8-9,13,15H,19H2,1-7H3,(H,20,21). The molecule has 1 aromatic rings. The molecule has 6 heteroatoms. The highest BCUT2D eigenvalue weighted by molar-refractivity contribution is 5.88. The molecule has 0 spiro atoms. The summed E-state index contributed by atoms with van der Waals surface area (Å²) >= 11 is 0. The lowest BCUT2D eigenvalue weighted by Gasteiger charge is -2.21. The Labute approximate surface area is 143 Å². The third-order valence-corrected chi connectivity index (χ3v) is 4.41. The second kappa shape index (κ2) is 6.16. The topological polar surface area (TPSA) is 82.8 Å². The van der Waals surface area contributed by atoms with E-state index in [0.29, 0.717) is 17.2 Å². The van der Waals surface area contributed by atoms with Crippen molar-refractivity contribution in [2.45, 2.75) is 52.2 Å². The van der Waals surface area contributed by atoms with E-state index in [2.05, 4.69) is 19.2 Å². The smallest absolute Gasteiger partial charge is 0.412 e. The monoisotopic (exact) mass is 336 g/mol. The summed E-state index contributed by atoms with van der Waals surface area (Å²) in [6.07, 6.45) is -0.542. The van der Waals surface area contributed by atoms with Gasteiger partial charge in [0, 0.05) is 12.0 Å². The fraction of sp³-hybridized carbons (Fsp3) is 0.611. The van der Waals surface area contributed by atoms with Gasteiger partial charge in [-0.15, -0.1) is 0 Å². The van der Waals surface area contributed by atoms with Gasteiger partial charge in [0.2, 0.25) is 0 Å². The molecule has 134 valence electrons. The Hall–Kier alpha value is -1.95. The molecule has 0 heterocycles. The fourth-order valence-electron chi connectivity index (χ4n) is 2.99. The molecule has 0 aliphatic heterocycles. The number of anilines is 1. The van der Waals surface area contributed by atoms with E-state index < -0.39 is 11.7 Å². The van der Waals surface area contributed by atoms with Crippen LogP contribution in [0.5, 0.6) is 11.5 Å². The highest BCUT2D eigenvalue weighted by atomic mass is 16.6. The van der Waals surface area contributed by atoms with Crippen molar-refractivity contribution in [2.24, 2.45) is 11.1 Å². The molecule has 0 radical (unpaired) electrons. The number of nitrogens with one attached hydrogen (secondary N) is 1. The molecule has 2 rings (SSSR count). The van der Waals surface area contributed by atoms with Gasteiger partial charge in [-0.1, -0.05) is 13.8 Å². The van der Waals surface area contributed by atoms with Crippen LogP contribution in [0.25, 0.3) is 0 Å². The van der Waals surface area contributed by atoms with Crippen LogP contribution in [0.4, 0.5) is 10.5 Å². The Bertz CT molecular complexity index is 635. The van der Waals surface area contributed by atoms with Crippen molar-refractivity contribution >= 4 is 11.8 Å². The fourth-order valence-corrected chi connectivity index (χ4v) is 2.99. The molecule has 1 aromatic carbocycles. The van der Waals surface area contributed by atoms with Gasteiger partial charge in [-0.05, 0) is 43.9 Å². The zero-order chi connectivity index (χ0) is 18.3. The number of rotatable bonds is 4. The lowest BCUT2D eigenvalue weighted by molar-refractivity contribution is 0.0635. The minimum Gasteiger partial charge on any atom is -0.493 e. The van der Waals surface area contributed by atoms with E-state index in [1.165, 1.54) is 7.11 Å². The summed E-state index contributed by atoms with van der Waals surface area (Å²) in [6.45, 7) is 9.69. The van der Waals surface area contributed by atoms with Crippen molar-refractivity contribution in [1.82, 2.24) is 0 Å². The van der Waals surface area contributed by atoms with E-state index in [0.717, 1.165) is 5.56 Å². The lowest BCUT2D eigenvalue weighted by atomic mass is 10.0. The Kier molecular flexibility index (Phi) is 4.72. The van der Waals surface area contributed by atoms with Crippen LogP contribution in [0, 0.1) is 5.41 Å². The van der Waals surface area contributed by atoms with Crippen molar-refractivity contribution in [2.75, 3.05) is 19.5 Å². The Morgan fingerprint density at radius 2 is 1.79 bits per heavy atom. The van der Waals surface area contributed by atoms with E-state index >= 15 is 0 Å². The minimum atomic E-state index is -0.583. The van der Waals surface area contributed by atoms with E-state index in [4.69, 9.17) is 19.9 Å². The summed E-state index contributed by atoms with van der Waals surface area (Å²) in [5.41, 5.74) is 7.14. The first-order chi connectivity index (χ1) is 11.0. The van der Waals surface area contributed by atoms with Crippen LogP contribution < -0.4 is 20.5 Å². The number of amides is 1. The van der Waals surface area contributed by atoms with Gasteiger partial charge in [-0.25, -0.2) is 4.79 Å². The van der Waals surface area contributed by atoms with Crippen molar-refractivity contribution in [3.63, 3.8) is 0 Å². The van der Waals surface area contributed by atoms with Gasteiger partial charge >= 0.3 is 6.09 Å². The van der Waals surface area contributed by atoms with Crippen LogP contribution in [-0.2, 0) is 4.74 Å². The average Bonchev–Trinajstić information content (AvgIpc) is 2.94. The van der Waals surface area contributed by atoms with E-state index in [1.807, 2.05) is 32.9 Å². The van der Waals surface area contributed by atoms with Crippen molar-refractivity contribution < 1.29 is 19.0 Å². The maximum absolute atomic E-state index is 12.1. The number of benzene rings is 1. The first-order valence-corrected chi connectivity index (χ1v) is 8.02. The number of hydrogen-bond donors (Lipinski definition) is 2. The Balaban J connectivity index is 2.36. The van der Waals surface area contributed by atoms with Crippen molar-refractivity contribution in [3.8, 4) is 11.5 Å². The first kappa shape index (κ1) is 18.4. The third-order valence-electron chi connectivity index (χ3n) is 4.41. The van der Waals surface area contributed by atoms with Gasteiger partial charge in [-0.3, -0.25) is 5.32 Å². The molecule has 1 fully saturated rings. The van der Waals surface area contributed by atoms with E-state index in [-0.39, 0.29) is 17.4 Å². The summed E-state index contributed by atoms with van der Waals surface area (Å²) < 4.78 is 16.2. The molecule has 2 unspecified atom stereocenters. The molecule has 24 heavy (non-hydrogen) atoms. The predicted molar refractivity (Wildman–Crippen MR) is 93.9 cm³/mol. The van der Waals surface area contributed by atoms with Crippen LogP contribution in [0.1, 0.15) is 46.1 Å². The third kappa shape index (κ3) is 3.59. The number of methoxy groups -OCH3 is 2. The number of nitrogens with two attached hydrogens (primary N) is 1. The summed E-state index contributed by atoms with van der Waals surface area (Å²) in [5.74, 6) is 1.21. The molecular formula is C18H28N2O4. The molecule has 1 aliphatic carbocycles. The SMILES string of the molecule is COc1cc(C2C(N)C2(C)C)cc(NC(=O)OC(C)(C)C)c1OC. The highest BCUT2D eigenvalue weighted by Gasteiger charge is 2.56. The molecule has 0 bridgehead atoms. The zero-order valence-electron chi connectivity index (χ0n) is 15.5. The van der Waals surface area contributed by atoms with Crippen LogP contribution >= 0.6 is 0 Å². The minimum absolute atomic E-state index is 0.0167. The van der Waals surface area contributed by atoms with Gasteiger partial charge in [0.15, 0.2) is 11.5 Å². The molecule has 1 aliphatic rings. The number of carbonyl (C=O) groups excluding carboxylic acids is 1. The Morgan fingerprint density at radius 1 is 1.21 bits per heavy atom. The average molecular weight is 336 g/mol. The highest BCUT2D eigenvalue weighted by Crippen LogP contribution is 2.58. The summed E-state index contributed by atoms with van der Waals surface area (Å²) in [5, 5.41) is 2.75. The second-order valence-electron chi connectivity index (χ2n) is 7.76. The second-order valence-corrected chi connectivity index (χ2v) is 7.76. The molecule has 0 aromatic heterocycles. The normalized spacial score (nSPS) is 21.8. The van der Waals surface area contributed by atoms with Gasteiger partial charge in [0.1, 0.15) is 5.60 Å². The quantitative estimate of drug-likeness (QED) is 0.879. The molecule has 3 N–H and O–H groups in total. The summed E-state index contributed by atoms with van der Waals surface area (Å²) in [6, 6.07) is 3.87. The summed E-state index contributed by atoms with van der Waals surface area (Å²) in [4.78, 5) is 12.1. The summed E-state index contributed by atoms with van der Waals surface area (Å²) in [7, 11) is 3.10. The molecule has 6 nitrogen and oxygen atoms in total. The molecule has 2 atom stereocenters. The van der Waals surface area contributed by atoms with Gasteiger partial charge in [-0.2, -0.15) is 0 Å². The maximum Gasteiger partial charge on any atom is 0.412 e. The van der Waals surface area contributed by atoms with Crippen LogP contribution in [-0.4, -0.2) is 32.0 Å². The molecule has 0 saturated heterocycles. The predicted octanol–water partition coefficient (Wildman–Crippen LogP) is 3.50. The largest absolute Gasteiger partial charge is 0.493 e. The lowest BCUT2D eigenvalue weighted by Crippen LogP contribution is -2.27. The number of hydrogen-bond acceptors (Lipinski definition) is 5. The van der Waals surface area contributed by atoms with Crippen LogP contribution in [0.2, 0.25) is 0 Å². The van der Waals surface area contributed by atoms with Gasteiger partial charge in [0.05, 0.1) is 19.9 Å².